The van der Waals surface area contributed by atoms with E-state index in [0.29, 0.717) is 18.0 Å². The third kappa shape index (κ3) is 3.51. The van der Waals surface area contributed by atoms with Crippen LogP contribution in [0.25, 0.3) is 0 Å². The molecule has 0 saturated carbocycles. The summed E-state index contributed by atoms with van der Waals surface area (Å²) < 4.78 is 15.9. The Bertz CT molecular complexity index is 383. The van der Waals surface area contributed by atoms with Crippen molar-refractivity contribution in [1.82, 2.24) is 4.90 Å². The highest BCUT2D eigenvalue weighted by atomic mass is 16.5. The van der Waals surface area contributed by atoms with Gasteiger partial charge in [0, 0.05) is 31.3 Å². The summed E-state index contributed by atoms with van der Waals surface area (Å²) in [5, 5.41) is 0. The van der Waals surface area contributed by atoms with E-state index in [1.807, 2.05) is 19.2 Å². The molecule has 2 N–H and O–H groups in total. The third-order valence-electron chi connectivity index (χ3n) is 2.74. The minimum absolute atomic E-state index is 0.631. The minimum atomic E-state index is 0.631. The van der Waals surface area contributed by atoms with Crippen LogP contribution in [0, 0.1) is 0 Å². The average Bonchev–Trinajstić information content (AvgIpc) is 2.38. The average molecular weight is 254 g/mol. The molecule has 1 aromatic rings. The van der Waals surface area contributed by atoms with E-state index in [-0.39, 0.29) is 0 Å². The minimum Gasteiger partial charge on any atom is -0.496 e. The normalized spacial score (nSPS) is 10.6. The van der Waals surface area contributed by atoms with Gasteiger partial charge in [0.05, 0.1) is 21.3 Å². The summed E-state index contributed by atoms with van der Waals surface area (Å²) in [4.78, 5) is 2.13. The van der Waals surface area contributed by atoms with Gasteiger partial charge >= 0.3 is 0 Å². The monoisotopic (exact) mass is 254 g/mol. The van der Waals surface area contributed by atoms with E-state index in [9.17, 15) is 0 Å². The van der Waals surface area contributed by atoms with Crippen molar-refractivity contribution in [1.29, 1.82) is 0 Å². The molecule has 0 heterocycles. The zero-order chi connectivity index (χ0) is 13.5. The maximum absolute atomic E-state index is 5.54. The van der Waals surface area contributed by atoms with E-state index in [1.165, 1.54) is 0 Å². The fourth-order valence-corrected chi connectivity index (χ4v) is 1.81. The maximum Gasteiger partial charge on any atom is 0.164 e. The molecule has 102 valence electrons. The van der Waals surface area contributed by atoms with Crippen LogP contribution in [-0.4, -0.2) is 46.4 Å². The number of methoxy groups -OCH3 is 3. The fourth-order valence-electron chi connectivity index (χ4n) is 1.81. The van der Waals surface area contributed by atoms with Crippen LogP contribution in [0.2, 0.25) is 0 Å². The van der Waals surface area contributed by atoms with Crippen molar-refractivity contribution in [3.8, 4) is 17.2 Å². The summed E-state index contributed by atoms with van der Waals surface area (Å²) in [6.45, 7) is 2.21. The standard InChI is InChI=1S/C13H22N2O3/c1-15(6-5-14)9-10-7-12(17-3)13(18-4)8-11(10)16-2/h7-8H,5-6,9,14H2,1-4H3. The topological polar surface area (TPSA) is 57.0 Å². The molecule has 18 heavy (non-hydrogen) atoms. The molecule has 0 amide bonds. The molecule has 0 spiro atoms. The van der Waals surface area contributed by atoms with Crippen LogP contribution in [0.5, 0.6) is 17.2 Å². The molecule has 0 aliphatic heterocycles. The summed E-state index contributed by atoms with van der Waals surface area (Å²) in [5.74, 6) is 2.16. The maximum atomic E-state index is 5.54. The van der Waals surface area contributed by atoms with Gasteiger partial charge in [0.2, 0.25) is 0 Å². The summed E-state index contributed by atoms with van der Waals surface area (Å²) in [6, 6.07) is 3.77. The number of likely N-dealkylation sites (N-methyl/N-ethyl adjacent to an activating group) is 1. The van der Waals surface area contributed by atoms with Crippen LogP contribution in [0.1, 0.15) is 5.56 Å². The predicted molar refractivity (Wildman–Crippen MR) is 71.5 cm³/mol. The molecule has 0 atom stereocenters. The van der Waals surface area contributed by atoms with Crippen molar-refractivity contribution in [2.75, 3.05) is 41.5 Å². The number of rotatable bonds is 7. The second kappa shape index (κ2) is 7.08. The van der Waals surface area contributed by atoms with Crippen molar-refractivity contribution in [3.05, 3.63) is 17.7 Å². The quantitative estimate of drug-likeness (QED) is 0.789. The zero-order valence-corrected chi connectivity index (χ0v) is 11.5. The summed E-state index contributed by atoms with van der Waals surface area (Å²) >= 11 is 0. The number of benzene rings is 1. The lowest BCUT2D eigenvalue weighted by Gasteiger charge is -2.19. The molecule has 0 fully saturated rings. The highest BCUT2D eigenvalue weighted by Gasteiger charge is 2.12. The SMILES string of the molecule is COc1cc(OC)c(OC)cc1CN(C)CCN. The van der Waals surface area contributed by atoms with Gasteiger partial charge in [0.1, 0.15) is 5.75 Å². The molecule has 5 nitrogen and oxygen atoms in total. The molecule has 5 heteroatoms. The van der Waals surface area contributed by atoms with Gasteiger partial charge in [-0.1, -0.05) is 0 Å². The first-order chi connectivity index (χ1) is 8.65. The van der Waals surface area contributed by atoms with Crippen LogP contribution in [0.3, 0.4) is 0 Å². The Hall–Kier alpha value is -1.46. The van der Waals surface area contributed by atoms with Crippen molar-refractivity contribution in [2.45, 2.75) is 6.54 Å². The Morgan fingerprint density at radius 1 is 1.00 bits per heavy atom. The van der Waals surface area contributed by atoms with Crippen molar-refractivity contribution in [3.63, 3.8) is 0 Å². The number of nitrogens with two attached hydrogens (primary N) is 1. The molecule has 0 aliphatic rings. The van der Waals surface area contributed by atoms with E-state index >= 15 is 0 Å². The van der Waals surface area contributed by atoms with Gasteiger partial charge in [0.25, 0.3) is 0 Å². The molecule has 0 saturated heterocycles. The van der Waals surface area contributed by atoms with Crippen LogP contribution in [0.15, 0.2) is 12.1 Å². The Labute approximate surface area is 108 Å². The van der Waals surface area contributed by atoms with Gasteiger partial charge < -0.3 is 24.8 Å². The molecule has 0 radical (unpaired) electrons. The lowest BCUT2D eigenvalue weighted by Crippen LogP contribution is -2.25. The number of nitrogens with zero attached hydrogens (tertiary/aromatic N) is 1. The highest BCUT2D eigenvalue weighted by molar-refractivity contribution is 5.50. The third-order valence-corrected chi connectivity index (χ3v) is 2.74. The van der Waals surface area contributed by atoms with Crippen LogP contribution >= 0.6 is 0 Å². The number of hydrogen-bond donors (Lipinski definition) is 1. The van der Waals surface area contributed by atoms with Gasteiger partial charge in [-0.05, 0) is 13.1 Å². The Balaban J connectivity index is 3.01. The van der Waals surface area contributed by atoms with Crippen molar-refractivity contribution < 1.29 is 14.2 Å². The molecule has 0 unspecified atom stereocenters. The predicted octanol–water partition coefficient (Wildman–Crippen LogP) is 1.10. The molecular weight excluding hydrogens is 232 g/mol. The second-order valence-electron chi connectivity index (χ2n) is 4.05. The van der Waals surface area contributed by atoms with E-state index in [2.05, 4.69) is 4.90 Å². The summed E-state index contributed by atoms with van der Waals surface area (Å²) in [7, 11) is 6.89. The van der Waals surface area contributed by atoms with E-state index in [4.69, 9.17) is 19.9 Å². The molecule has 0 aliphatic carbocycles. The molecule has 0 aromatic heterocycles. The molecule has 1 rings (SSSR count). The molecule has 0 bridgehead atoms. The number of ether oxygens (including phenoxy) is 3. The largest absolute Gasteiger partial charge is 0.496 e. The van der Waals surface area contributed by atoms with Crippen LogP contribution in [-0.2, 0) is 6.54 Å². The summed E-state index contributed by atoms with van der Waals surface area (Å²) in [6.07, 6.45) is 0. The first-order valence-corrected chi connectivity index (χ1v) is 5.83. The Morgan fingerprint density at radius 3 is 2.06 bits per heavy atom. The highest BCUT2D eigenvalue weighted by Crippen LogP contribution is 2.34. The lowest BCUT2D eigenvalue weighted by atomic mass is 10.1. The van der Waals surface area contributed by atoms with E-state index in [0.717, 1.165) is 24.4 Å². The zero-order valence-electron chi connectivity index (χ0n) is 11.5. The fraction of sp³-hybridized carbons (Fsp3) is 0.538. The van der Waals surface area contributed by atoms with Crippen LogP contribution in [0.4, 0.5) is 0 Å². The van der Waals surface area contributed by atoms with Gasteiger partial charge in [-0.15, -0.1) is 0 Å². The first-order valence-electron chi connectivity index (χ1n) is 5.83. The Morgan fingerprint density at radius 2 is 1.56 bits per heavy atom. The summed E-state index contributed by atoms with van der Waals surface area (Å²) in [5.41, 5.74) is 6.59. The first kappa shape index (κ1) is 14.6. The van der Waals surface area contributed by atoms with Gasteiger partial charge in [-0.25, -0.2) is 0 Å². The van der Waals surface area contributed by atoms with E-state index in [1.54, 1.807) is 21.3 Å². The van der Waals surface area contributed by atoms with Gasteiger partial charge in [-0.3, -0.25) is 0 Å². The molecule has 1 aromatic carbocycles. The van der Waals surface area contributed by atoms with Gasteiger partial charge in [-0.2, -0.15) is 0 Å². The van der Waals surface area contributed by atoms with Crippen LogP contribution < -0.4 is 19.9 Å². The van der Waals surface area contributed by atoms with Crippen molar-refractivity contribution >= 4 is 0 Å². The number of hydrogen-bond acceptors (Lipinski definition) is 5. The van der Waals surface area contributed by atoms with E-state index < -0.39 is 0 Å². The molecular formula is C13H22N2O3. The lowest BCUT2D eigenvalue weighted by molar-refractivity contribution is 0.318. The van der Waals surface area contributed by atoms with Crippen molar-refractivity contribution in [2.24, 2.45) is 5.73 Å². The second-order valence-corrected chi connectivity index (χ2v) is 4.05. The smallest absolute Gasteiger partial charge is 0.164 e. The Kier molecular flexibility index (Phi) is 5.74. The van der Waals surface area contributed by atoms with Gasteiger partial charge in [0.15, 0.2) is 11.5 Å².